The van der Waals surface area contributed by atoms with Gasteiger partial charge in [-0.25, -0.2) is 9.13 Å². The summed E-state index contributed by atoms with van der Waals surface area (Å²) in [7, 11) is -9.93. The Morgan fingerprint density at radius 1 is 0.276 bits per heavy atom. The summed E-state index contributed by atoms with van der Waals surface area (Å²) in [5, 5.41) is 10.7. The first-order chi connectivity index (χ1) is 50.8. The van der Waals surface area contributed by atoms with E-state index in [4.69, 9.17) is 37.0 Å². The van der Waals surface area contributed by atoms with Crippen molar-refractivity contribution in [2.24, 2.45) is 17.8 Å². The fourth-order valence-corrected chi connectivity index (χ4v) is 14.9. The van der Waals surface area contributed by atoms with Crippen molar-refractivity contribution in [2.75, 3.05) is 39.6 Å². The third kappa shape index (κ3) is 77.2. The lowest BCUT2D eigenvalue weighted by atomic mass is 9.99. The number of aliphatic hydroxyl groups is 1. The first kappa shape index (κ1) is 103. The van der Waals surface area contributed by atoms with Crippen LogP contribution in [0.25, 0.3) is 0 Å². The summed E-state index contributed by atoms with van der Waals surface area (Å²) in [5.74, 6) is 0.327. The van der Waals surface area contributed by atoms with Crippen LogP contribution in [0.2, 0.25) is 0 Å². The molecule has 0 saturated heterocycles. The van der Waals surface area contributed by atoms with Gasteiger partial charge in [-0.3, -0.25) is 37.3 Å². The number of phosphoric acid groups is 2. The third-order valence-electron chi connectivity index (χ3n) is 20.9. The van der Waals surface area contributed by atoms with Gasteiger partial charge in [0.25, 0.3) is 0 Å². The topological polar surface area (TPSA) is 237 Å². The molecule has 0 heterocycles. The average Bonchev–Trinajstić information content (AvgIpc) is 0.909. The zero-order valence-electron chi connectivity index (χ0n) is 69.2. The van der Waals surface area contributed by atoms with Gasteiger partial charge in [0.15, 0.2) is 12.2 Å². The van der Waals surface area contributed by atoms with Crippen LogP contribution < -0.4 is 0 Å². The summed E-state index contributed by atoms with van der Waals surface area (Å²) in [6.45, 7) is 12.1. The van der Waals surface area contributed by atoms with E-state index in [0.717, 1.165) is 108 Å². The van der Waals surface area contributed by atoms with Crippen molar-refractivity contribution < 1.29 is 80.2 Å². The predicted molar refractivity (Wildman–Crippen MR) is 432 cm³/mol. The number of hydrogen-bond acceptors (Lipinski definition) is 15. The fourth-order valence-electron chi connectivity index (χ4n) is 13.3. The molecule has 0 aromatic rings. The summed E-state index contributed by atoms with van der Waals surface area (Å²) in [5.41, 5.74) is 0. The van der Waals surface area contributed by atoms with E-state index in [1.165, 1.54) is 263 Å². The lowest BCUT2D eigenvalue weighted by Gasteiger charge is -2.21. The summed E-state index contributed by atoms with van der Waals surface area (Å²) in [6.07, 6.45) is 66.4. The van der Waals surface area contributed by atoms with E-state index in [2.05, 4.69) is 48.5 Å². The highest BCUT2D eigenvalue weighted by atomic mass is 31.2. The predicted octanol–water partition coefficient (Wildman–Crippen LogP) is 26.1. The Bertz CT molecular complexity index is 2030. The molecule has 0 aliphatic carbocycles. The average molecular weight is 1540 g/mol. The molecule has 105 heavy (non-hydrogen) atoms. The van der Waals surface area contributed by atoms with Gasteiger partial charge in [0.05, 0.1) is 26.4 Å². The van der Waals surface area contributed by atoms with Crippen LogP contribution in [0, 0.1) is 17.8 Å². The molecule has 19 heteroatoms. The van der Waals surface area contributed by atoms with Crippen LogP contribution >= 0.6 is 15.6 Å². The molecule has 0 radical (unpaired) electrons. The smallest absolute Gasteiger partial charge is 0.462 e. The van der Waals surface area contributed by atoms with Crippen molar-refractivity contribution >= 4 is 39.5 Å². The Labute approximate surface area is 645 Å². The Kier molecular flexibility index (Phi) is 74.7. The van der Waals surface area contributed by atoms with Crippen molar-refractivity contribution in [1.29, 1.82) is 0 Å². The first-order valence-corrected chi connectivity index (χ1v) is 47.4. The monoisotopic (exact) mass is 1540 g/mol. The van der Waals surface area contributed by atoms with E-state index in [0.29, 0.717) is 25.7 Å². The Hall–Kier alpha value is -1.94. The van der Waals surface area contributed by atoms with Gasteiger partial charge < -0.3 is 33.8 Å². The maximum absolute atomic E-state index is 13.1. The molecule has 624 valence electrons. The Morgan fingerprint density at radius 3 is 0.724 bits per heavy atom. The molecule has 0 fully saturated rings. The van der Waals surface area contributed by atoms with Gasteiger partial charge in [0.1, 0.15) is 19.3 Å². The molecule has 0 spiro atoms. The van der Waals surface area contributed by atoms with Gasteiger partial charge in [-0.05, 0) is 43.4 Å². The maximum atomic E-state index is 13.1. The summed E-state index contributed by atoms with van der Waals surface area (Å²) < 4.78 is 68.9. The maximum Gasteiger partial charge on any atom is 0.472 e. The zero-order valence-corrected chi connectivity index (χ0v) is 71.0. The van der Waals surface area contributed by atoms with Crippen molar-refractivity contribution in [3.05, 3.63) is 0 Å². The normalized spacial score (nSPS) is 14.4. The molecular formula is C86H168O17P2. The molecule has 0 aliphatic rings. The van der Waals surface area contributed by atoms with Crippen molar-refractivity contribution in [3.8, 4) is 0 Å². The first-order valence-electron chi connectivity index (χ1n) is 44.4. The number of rotatable bonds is 84. The van der Waals surface area contributed by atoms with Crippen LogP contribution in [0.15, 0.2) is 0 Å². The van der Waals surface area contributed by atoms with Crippen LogP contribution in [-0.4, -0.2) is 96.7 Å². The minimum Gasteiger partial charge on any atom is -0.462 e. The molecule has 4 unspecified atom stereocenters. The molecule has 0 saturated carbocycles. The number of phosphoric ester groups is 2. The Balaban J connectivity index is 5.27. The molecule has 0 bridgehead atoms. The van der Waals surface area contributed by atoms with Gasteiger partial charge in [-0.2, -0.15) is 0 Å². The molecule has 0 amide bonds. The molecular weight excluding hydrogens is 1370 g/mol. The van der Waals surface area contributed by atoms with E-state index in [9.17, 15) is 43.2 Å². The van der Waals surface area contributed by atoms with Gasteiger partial charge >= 0.3 is 39.5 Å². The highest BCUT2D eigenvalue weighted by Gasteiger charge is 2.30. The highest BCUT2D eigenvalue weighted by Crippen LogP contribution is 2.45. The SMILES string of the molecule is CCCCCCCCCCCCCCCCCCCC(=O)O[C@H](COC(=O)CCCCCCCCCCC(C)CC)COP(=O)(O)OC[C@H](O)COP(=O)(O)OC[C@@H](COC(=O)CCCCCCCCCCCCCCCCC(C)CC)OC(=O)CCCCCCCCCCCCCCCCCC(C)C. The van der Waals surface area contributed by atoms with E-state index in [-0.39, 0.29) is 25.7 Å². The van der Waals surface area contributed by atoms with Crippen LogP contribution in [-0.2, 0) is 65.4 Å². The summed E-state index contributed by atoms with van der Waals surface area (Å²) in [6, 6.07) is 0. The largest absolute Gasteiger partial charge is 0.472 e. The third-order valence-corrected chi connectivity index (χ3v) is 22.8. The molecule has 17 nitrogen and oxygen atoms in total. The molecule has 0 aromatic carbocycles. The van der Waals surface area contributed by atoms with Gasteiger partial charge in [0, 0.05) is 25.7 Å². The number of carbonyl (C=O) groups is 4. The number of hydrogen-bond donors (Lipinski definition) is 3. The van der Waals surface area contributed by atoms with Crippen molar-refractivity contribution in [1.82, 2.24) is 0 Å². The van der Waals surface area contributed by atoms with Crippen LogP contribution in [0.1, 0.15) is 453 Å². The Morgan fingerprint density at radius 2 is 0.486 bits per heavy atom. The lowest BCUT2D eigenvalue weighted by molar-refractivity contribution is -0.161. The van der Waals surface area contributed by atoms with Crippen molar-refractivity contribution in [3.63, 3.8) is 0 Å². The summed E-state index contributed by atoms with van der Waals surface area (Å²) in [4.78, 5) is 73.3. The number of carbonyl (C=O) groups excluding carboxylic acids is 4. The second-order valence-corrected chi connectivity index (χ2v) is 34.8. The standard InChI is InChI=1S/C86H168O17P2/c1-8-11-12-13-14-15-16-17-18-19-22-29-34-39-48-55-62-69-86(91)103-82(74-97-84(89)68-61-54-47-42-41-45-52-59-66-79(7)10-3)76-101-105(94,95)99-72-80(87)71-98-104(92,93)100-75-81(102-85(90)70-63-56-49-40-35-30-23-20-21-26-31-36-43-50-57-64-77(4)5)73-96-83(88)67-60-53-46-38-33-28-25-24-27-32-37-44-51-58-65-78(6)9-2/h77-82,87H,8-76H2,1-7H3,(H,92,93)(H,94,95)/t78?,79?,80-,81-,82-/m1/s1. The summed E-state index contributed by atoms with van der Waals surface area (Å²) >= 11 is 0. The van der Waals surface area contributed by atoms with Crippen LogP contribution in [0.5, 0.6) is 0 Å². The lowest BCUT2D eigenvalue weighted by Crippen LogP contribution is -2.30. The van der Waals surface area contributed by atoms with E-state index in [1.54, 1.807) is 0 Å². The molecule has 0 aliphatic heterocycles. The fraction of sp³-hybridized carbons (Fsp3) is 0.953. The highest BCUT2D eigenvalue weighted by molar-refractivity contribution is 7.47. The van der Waals surface area contributed by atoms with Gasteiger partial charge in [-0.1, -0.05) is 402 Å². The van der Waals surface area contributed by atoms with Crippen LogP contribution in [0.4, 0.5) is 0 Å². The number of esters is 4. The molecule has 0 aromatic heterocycles. The molecule has 3 N–H and O–H groups in total. The quantitative estimate of drug-likeness (QED) is 0.0222. The number of aliphatic hydroxyl groups excluding tert-OH is 1. The van der Waals surface area contributed by atoms with E-state index < -0.39 is 97.5 Å². The second-order valence-electron chi connectivity index (χ2n) is 31.9. The van der Waals surface area contributed by atoms with Gasteiger partial charge in [-0.15, -0.1) is 0 Å². The zero-order chi connectivity index (χ0) is 77.2. The minimum absolute atomic E-state index is 0.108. The number of ether oxygens (including phenoxy) is 4. The molecule has 0 rings (SSSR count). The van der Waals surface area contributed by atoms with Gasteiger partial charge in [0.2, 0.25) is 0 Å². The van der Waals surface area contributed by atoms with Crippen molar-refractivity contribution in [2.45, 2.75) is 471 Å². The second kappa shape index (κ2) is 76.1. The minimum atomic E-state index is -4.97. The van der Waals surface area contributed by atoms with Crippen LogP contribution in [0.3, 0.4) is 0 Å². The number of unbranched alkanes of at least 4 members (excludes halogenated alkanes) is 50. The van der Waals surface area contributed by atoms with E-state index >= 15 is 0 Å². The van der Waals surface area contributed by atoms with E-state index in [1.807, 2.05) is 0 Å². The molecule has 7 atom stereocenters.